The smallest absolute Gasteiger partial charge is 0.407 e. The molecule has 0 aromatic heterocycles. The summed E-state index contributed by atoms with van der Waals surface area (Å²) in [5.74, 6) is 0.759. The van der Waals surface area contributed by atoms with Gasteiger partial charge in [0.2, 0.25) is 0 Å². The Bertz CT molecular complexity index is 726. The molecule has 166 valence electrons. The van der Waals surface area contributed by atoms with E-state index in [2.05, 4.69) is 33.3 Å². The number of nitrogens with zero attached hydrogens (tertiary/aromatic N) is 2. The van der Waals surface area contributed by atoms with E-state index in [1.54, 1.807) is 11.1 Å². The zero-order valence-corrected chi connectivity index (χ0v) is 19.1. The highest BCUT2D eigenvalue weighted by Crippen LogP contribution is 2.32. The molecule has 1 aromatic rings. The van der Waals surface area contributed by atoms with Crippen LogP contribution in [-0.2, 0) is 17.6 Å². The van der Waals surface area contributed by atoms with Crippen LogP contribution in [0.2, 0.25) is 0 Å². The molecular formula is C25H39N3O2. The third-order valence-corrected chi connectivity index (χ3v) is 6.92. The van der Waals surface area contributed by atoms with Crippen LogP contribution in [0.1, 0.15) is 64.0 Å². The fourth-order valence-electron chi connectivity index (χ4n) is 5.40. The number of aryl methyl sites for hydroxylation is 1. The van der Waals surface area contributed by atoms with Gasteiger partial charge in [-0.1, -0.05) is 12.1 Å². The summed E-state index contributed by atoms with van der Waals surface area (Å²) in [5, 5.41) is 3.06. The highest BCUT2D eigenvalue weighted by atomic mass is 16.6. The number of amides is 1. The second-order valence-corrected chi connectivity index (χ2v) is 10.4. The van der Waals surface area contributed by atoms with Crippen LogP contribution < -0.4 is 10.2 Å². The maximum atomic E-state index is 12.0. The lowest BCUT2D eigenvalue weighted by atomic mass is 9.85. The highest BCUT2D eigenvalue weighted by molar-refractivity contribution is 5.68. The third-order valence-electron chi connectivity index (χ3n) is 6.92. The predicted molar refractivity (Wildman–Crippen MR) is 122 cm³/mol. The number of fused-ring (bicyclic) bond motifs is 1. The molecule has 4 rings (SSSR count). The van der Waals surface area contributed by atoms with Crippen molar-refractivity contribution in [1.29, 1.82) is 0 Å². The van der Waals surface area contributed by atoms with Crippen LogP contribution in [0.15, 0.2) is 18.2 Å². The molecule has 1 heterocycles. The number of carbonyl (C=O) groups is 1. The molecule has 1 saturated carbocycles. The zero-order chi connectivity index (χ0) is 21.1. The van der Waals surface area contributed by atoms with Crippen LogP contribution >= 0.6 is 0 Å². The molecule has 1 amide bonds. The summed E-state index contributed by atoms with van der Waals surface area (Å²) in [6.07, 6.45) is 8.10. The van der Waals surface area contributed by atoms with E-state index >= 15 is 0 Å². The van der Waals surface area contributed by atoms with Crippen molar-refractivity contribution in [3.63, 3.8) is 0 Å². The predicted octanol–water partition coefficient (Wildman–Crippen LogP) is 4.38. The first-order chi connectivity index (χ1) is 14.4. The molecule has 0 bridgehead atoms. The van der Waals surface area contributed by atoms with E-state index in [9.17, 15) is 4.79 Å². The summed E-state index contributed by atoms with van der Waals surface area (Å²) in [6.45, 7) is 11.6. The van der Waals surface area contributed by atoms with E-state index in [-0.39, 0.29) is 12.1 Å². The SMILES string of the molecule is CC(C)(C)OC(=O)NC1CCC(CN2CCN(c3cccc4c3CCC4)CC2)CC1. The number of nitrogens with one attached hydrogen (secondary N) is 1. The Hall–Kier alpha value is -1.75. The number of hydrogen-bond acceptors (Lipinski definition) is 4. The first kappa shape index (κ1) is 21.5. The molecule has 1 N–H and O–H groups in total. The van der Waals surface area contributed by atoms with Gasteiger partial charge in [-0.3, -0.25) is 4.90 Å². The van der Waals surface area contributed by atoms with Crippen molar-refractivity contribution in [2.24, 2.45) is 5.92 Å². The Morgan fingerprint density at radius 3 is 2.50 bits per heavy atom. The molecule has 0 atom stereocenters. The molecule has 30 heavy (non-hydrogen) atoms. The number of hydrogen-bond donors (Lipinski definition) is 1. The molecule has 2 aliphatic carbocycles. The lowest BCUT2D eigenvalue weighted by molar-refractivity contribution is 0.0483. The molecule has 0 radical (unpaired) electrons. The maximum absolute atomic E-state index is 12.0. The van der Waals surface area contributed by atoms with Crippen LogP contribution in [0.3, 0.4) is 0 Å². The number of rotatable bonds is 4. The summed E-state index contributed by atoms with van der Waals surface area (Å²) in [4.78, 5) is 17.3. The molecule has 5 heteroatoms. The van der Waals surface area contributed by atoms with Crippen LogP contribution in [-0.4, -0.2) is 55.4 Å². The minimum absolute atomic E-state index is 0.269. The van der Waals surface area contributed by atoms with Gasteiger partial charge in [0.15, 0.2) is 0 Å². The Kier molecular flexibility index (Phi) is 6.57. The van der Waals surface area contributed by atoms with Crippen LogP contribution in [0.5, 0.6) is 0 Å². The second kappa shape index (κ2) is 9.17. The summed E-state index contributed by atoms with van der Waals surface area (Å²) in [7, 11) is 0. The number of carbonyl (C=O) groups excluding carboxylic acids is 1. The van der Waals surface area contributed by atoms with Crippen molar-refractivity contribution in [2.45, 2.75) is 77.4 Å². The monoisotopic (exact) mass is 413 g/mol. The maximum Gasteiger partial charge on any atom is 0.407 e. The molecule has 0 unspecified atom stereocenters. The summed E-state index contributed by atoms with van der Waals surface area (Å²) in [5.41, 5.74) is 4.26. The van der Waals surface area contributed by atoms with Gasteiger partial charge in [-0.05, 0) is 88.8 Å². The Balaban J connectivity index is 1.19. The average molecular weight is 414 g/mol. The third kappa shape index (κ3) is 5.48. The minimum atomic E-state index is -0.427. The van der Waals surface area contributed by atoms with E-state index in [1.165, 1.54) is 57.4 Å². The van der Waals surface area contributed by atoms with Crippen molar-refractivity contribution in [3.8, 4) is 0 Å². The minimum Gasteiger partial charge on any atom is -0.444 e. The quantitative estimate of drug-likeness (QED) is 0.796. The Morgan fingerprint density at radius 1 is 1.07 bits per heavy atom. The number of benzene rings is 1. The number of alkyl carbamates (subject to hydrolysis) is 1. The lowest BCUT2D eigenvalue weighted by Crippen LogP contribution is -2.49. The standard InChI is InChI=1S/C25H39N3O2/c1-25(2,3)30-24(29)26-21-12-10-19(11-13-21)18-27-14-16-28(17-15-27)23-9-5-7-20-6-4-8-22(20)23/h5,7,9,19,21H,4,6,8,10-18H2,1-3H3,(H,26,29). The van der Waals surface area contributed by atoms with Crippen molar-refractivity contribution in [3.05, 3.63) is 29.3 Å². The fraction of sp³-hybridized carbons (Fsp3) is 0.720. The molecular weight excluding hydrogens is 374 g/mol. The topological polar surface area (TPSA) is 44.8 Å². The van der Waals surface area contributed by atoms with Crippen molar-refractivity contribution in [2.75, 3.05) is 37.6 Å². The molecule has 2 fully saturated rings. The van der Waals surface area contributed by atoms with Gasteiger partial charge in [-0.25, -0.2) is 4.79 Å². The van der Waals surface area contributed by atoms with Gasteiger partial charge in [0, 0.05) is 44.5 Å². The van der Waals surface area contributed by atoms with E-state index < -0.39 is 5.60 Å². The number of ether oxygens (including phenoxy) is 1. The fourth-order valence-corrected chi connectivity index (χ4v) is 5.40. The molecule has 1 saturated heterocycles. The largest absolute Gasteiger partial charge is 0.444 e. The summed E-state index contributed by atoms with van der Waals surface area (Å²) in [6, 6.07) is 7.16. The van der Waals surface area contributed by atoms with Crippen molar-refractivity contribution in [1.82, 2.24) is 10.2 Å². The van der Waals surface area contributed by atoms with E-state index in [4.69, 9.17) is 4.74 Å². The van der Waals surface area contributed by atoms with Crippen LogP contribution in [0.4, 0.5) is 10.5 Å². The van der Waals surface area contributed by atoms with Gasteiger partial charge in [-0.2, -0.15) is 0 Å². The van der Waals surface area contributed by atoms with Gasteiger partial charge in [0.1, 0.15) is 5.60 Å². The van der Waals surface area contributed by atoms with E-state index in [1.807, 2.05) is 20.8 Å². The average Bonchev–Trinajstić information content (AvgIpc) is 3.18. The number of piperazine rings is 1. The van der Waals surface area contributed by atoms with Gasteiger partial charge in [0.25, 0.3) is 0 Å². The molecule has 0 spiro atoms. The number of anilines is 1. The molecule has 1 aromatic carbocycles. The first-order valence-corrected chi connectivity index (χ1v) is 11.9. The first-order valence-electron chi connectivity index (χ1n) is 11.9. The van der Waals surface area contributed by atoms with Gasteiger partial charge in [-0.15, -0.1) is 0 Å². The second-order valence-electron chi connectivity index (χ2n) is 10.4. The molecule has 3 aliphatic rings. The van der Waals surface area contributed by atoms with Gasteiger partial charge < -0.3 is 15.0 Å². The zero-order valence-electron chi connectivity index (χ0n) is 19.1. The Labute approximate surface area is 182 Å². The Morgan fingerprint density at radius 2 is 1.80 bits per heavy atom. The lowest BCUT2D eigenvalue weighted by Gasteiger charge is -2.39. The van der Waals surface area contributed by atoms with Crippen LogP contribution in [0.25, 0.3) is 0 Å². The van der Waals surface area contributed by atoms with Crippen molar-refractivity contribution >= 4 is 11.8 Å². The normalized spacial score (nSPS) is 25.1. The van der Waals surface area contributed by atoms with E-state index in [0.717, 1.165) is 31.8 Å². The highest BCUT2D eigenvalue weighted by Gasteiger charge is 2.28. The summed E-state index contributed by atoms with van der Waals surface area (Å²) < 4.78 is 5.40. The van der Waals surface area contributed by atoms with Gasteiger partial charge >= 0.3 is 6.09 Å². The molecule has 5 nitrogen and oxygen atoms in total. The van der Waals surface area contributed by atoms with Gasteiger partial charge in [0.05, 0.1) is 0 Å². The van der Waals surface area contributed by atoms with Crippen LogP contribution in [0, 0.1) is 5.92 Å². The van der Waals surface area contributed by atoms with E-state index in [0.29, 0.717) is 0 Å². The van der Waals surface area contributed by atoms with Crippen molar-refractivity contribution < 1.29 is 9.53 Å². The molecule has 1 aliphatic heterocycles. The summed E-state index contributed by atoms with van der Waals surface area (Å²) >= 11 is 0.